The summed E-state index contributed by atoms with van der Waals surface area (Å²) in [6.07, 6.45) is 0.273. The number of ether oxygens (including phenoxy) is 1. The highest BCUT2D eigenvalue weighted by molar-refractivity contribution is 6.31. The number of halogens is 1. The Morgan fingerprint density at radius 1 is 1.14 bits per heavy atom. The Bertz CT molecular complexity index is 802. The largest absolute Gasteiger partial charge is 0.494 e. The fourth-order valence-electron chi connectivity index (χ4n) is 2.87. The second-order valence-electron chi connectivity index (χ2n) is 6.28. The van der Waals surface area contributed by atoms with Gasteiger partial charge < -0.3 is 9.64 Å². The third kappa shape index (κ3) is 6.26. The molecule has 2 aromatic rings. The van der Waals surface area contributed by atoms with E-state index in [-0.39, 0.29) is 18.9 Å². The van der Waals surface area contributed by atoms with Crippen molar-refractivity contribution < 1.29 is 9.53 Å². The van der Waals surface area contributed by atoms with Crippen LogP contribution in [0.2, 0.25) is 5.02 Å². The number of carbonyl (C=O) groups is 1. The van der Waals surface area contributed by atoms with Crippen LogP contribution in [-0.2, 0) is 11.3 Å². The summed E-state index contributed by atoms with van der Waals surface area (Å²) in [5.74, 6) is 0.709. The highest BCUT2D eigenvalue weighted by Gasteiger charge is 2.19. The van der Waals surface area contributed by atoms with Crippen LogP contribution < -0.4 is 9.64 Å². The topological polar surface area (TPSA) is 56.6 Å². The molecular formula is C22H26ClN3O2. The minimum atomic E-state index is -0.0479. The van der Waals surface area contributed by atoms with Crippen molar-refractivity contribution in [2.75, 3.05) is 31.1 Å². The van der Waals surface area contributed by atoms with Crippen molar-refractivity contribution in [2.45, 2.75) is 26.8 Å². The number of rotatable bonds is 10. The summed E-state index contributed by atoms with van der Waals surface area (Å²) >= 11 is 6.26. The second kappa shape index (κ2) is 11.3. The molecule has 0 spiro atoms. The number of nitrogens with zero attached hydrogens (tertiary/aromatic N) is 3. The minimum Gasteiger partial charge on any atom is -0.494 e. The summed E-state index contributed by atoms with van der Waals surface area (Å²) in [7, 11) is 0. The minimum absolute atomic E-state index is 0.0479. The smallest absolute Gasteiger partial charge is 0.241 e. The first-order chi connectivity index (χ1) is 13.6. The molecule has 0 aliphatic rings. The number of benzene rings is 2. The van der Waals surface area contributed by atoms with Gasteiger partial charge >= 0.3 is 0 Å². The number of anilines is 1. The molecular weight excluding hydrogens is 374 g/mol. The van der Waals surface area contributed by atoms with Gasteiger partial charge in [0, 0.05) is 23.8 Å². The lowest BCUT2D eigenvalue weighted by Gasteiger charge is -2.27. The van der Waals surface area contributed by atoms with E-state index in [1.807, 2.05) is 67.3 Å². The predicted octanol–water partition coefficient (Wildman–Crippen LogP) is 4.51. The Balaban J connectivity index is 2.12. The van der Waals surface area contributed by atoms with Gasteiger partial charge in [-0.2, -0.15) is 5.26 Å². The molecule has 0 heterocycles. The molecule has 0 radical (unpaired) electrons. The van der Waals surface area contributed by atoms with Gasteiger partial charge in [-0.05, 0) is 49.4 Å². The quantitative estimate of drug-likeness (QED) is 0.589. The molecule has 1 amide bonds. The molecule has 0 atom stereocenters. The van der Waals surface area contributed by atoms with Crippen molar-refractivity contribution in [3.63, 3.8) is 0 Å². The van der Waals surface area contributed by atoms with E-state index >= 15 is 0 Å². The third-order valence-corrected chi connectivity index (χ3v) is 4.73. The van der Waals surface area contributed by atoms with Crippen molar-refractivity contribution in [1.29, 1.82) is 5.26 Å². The highest BCUT2D eigenvalue weighted by Crippen LogP contribution is 2.21. The lowest BCUT2D eigenvalue weighted by atomic mass is 10.2. The first-order valence-electron chi connectivity index (χ1n) is 9.45. The van der Waals surface area contributed by atoms with Crippen LogP contribution in [-0.4, -0.2) is 37.0 Å². The molecule has 2 rings (SSSR count). The molecule has 148 valence electrons. The van der Waals surface area contributed by atoms with Crippen LogP contribution in [0, 0.1) is 11.3 Å². The van der Waals surface area contributed by atoms with Gasteiger partial charge in [-0.25, -0.2) is 0 Å². The summed E-state index contributed by atoms with van der Waals surface area (Å²) in [4.78, 5) is 16.7. The molecule has 5 nitrogen and oxygen atoms in total. The van der Waals surface area contributed by atoms with Crippen LogP contribution in [0.3, 0.4) is 0 Å². The van der Waals surface area contributed by atoms with Crippen LogP contribution in [0.1, 0.15) is 25.8 Å². The van der Waals surface area contributed by atoms with E-state index < -0.39 is 0 Å². The zero-order chi connectivity index (χ0) is 20.4. The molecule has 0 unspecified atom stereocenters. The zero-order valence-electron chi connectivity index (χ0n) is 16.4. The molecule has 6 heteroatoms. The first kappa shape index (κ1) is 21.7. The maximum Gasteiger partial charge on any atom is 0.241 e. The lowest BCUT2D eigenvalue weighted by molar-refractivity contribution is -0.119. The molecule has 0 aliphatic carbocycles. The van der Waals surface area contributed by atoms with E-state index in [1.54, 1.807) is 4.90 Å². The summed E-state index contributed by atoms with van der Waals surface area (Å²) in [5.41, 5.74) is 1.75. The molecule has 0 aromatic heterocycles. The molecule has 0 aliphatic heterocycles. The molecule has 0 saturated carbocycles. The normalized spacial score (nSPS) is 10.5. The lowest BCUT2D eigenvalue weighted by Crippen LogP contribution is -2.40. The molecule has 0 saturated heterocycles. The van der Waals surface area contributed by atoms with Gasteiger partial charge in [0.1, 0.15) is 5.75 Å². The van der Waals surface area contributed by atoms with Crippen molar-refractivity contribution >= 4 is 23.2 Å². The van der Waals surface area contributed by atoms with Crippen molar-refractivity contribution in [2.24, 2.45) is 0 Å². The van der Waals surface area contributed by atoms with E-state index in [0.717, 1.165) is 17.0 Å². The molecule has 0 fully saturated rings. The fraction of sp³-hybridized carbons (Fsp3) is 0.364. The Kier molecular flexibility index (Phi) is 8.80. The van der Waals surface area contributed by atoms with Gasteiger partial charge in [-0.3, -0.25) is 9.69 Å². The van der Waals surface area contributed by atoms with Gasteiger partial charge in [0.25, 0.3) is 0 Å². The average molecular weight is 400 g/mol. The Hall–Kier alpha value is -2.55. The zero-order valence-corrected chi connectivity index (χ0v) is 17.2. The number of hydrogen-bond donors (Lipinski definition) is 0. The predicted molar refractivity (Wildman–Crippen MR) is 113 cm³/mol. The van der Waals surface area contributed by atoms with E-state index in [1.165, 1.54) is 0 Å². The molecule has 2 aromatic carbocycles. The van der Waals surface area contributed by atoms with E-state index in [0.29, 0.717) is 31.3 Å². The van der Waals surface area contributed by atoms with Crippen molar-refractivity contribution in [3.05, 3.63) is 59.1 Å². The van der Waals surface area contributed by atoms with Gasteiger partial charge in [-0.1, -0.05) is 36.7 Å². The average Bonchev–Trinajstić information content (AvgIpc) is 2.70. The van der Waals surface area contributed by atoms with Gasteiger partial charge in [0.2, 0.25) is 5.91 Å². The van der Waals surface area contributed by atoms with Crippen LogP contribution in [0.15, 0.2) is 48.5 Å². The van der Waals surface area contributed by atoms with E-state index in [9.17, 15) is 4.79 Å². The highest BCUT2D eigenvalue weighted by atomic mass is 35.5. The number of nitriles is 1. The Morgan fingerprint density at radius 2 is 1.86 bits per heavy atom. The van der Waals surface area contributed by atoms with Gasteiger partial charge in [0.05, 0.1) is 25.6 Å². The second-order valence-corrected chi connectivity index (χ2v) is 6.68. The number of amides is 1. The Morgan fingerprint density at radius 3 is 2.46 bits per heavy atom. The maximum absolute atomic E-state index is 13.0. The van der Waals surface area contributed by atoms with Crippen molar-refractivity contribution in [3.8, 4) is 11.8 Å². The first-order valence-corrected chi connectivity index (χ1v) is 9.82. The van der Waals surface area contributed by atoms with Gasteiger partial charge in [0.15, 0.2) is 0 Å². The standard InChI is InChI=1S/C22H26ClN3O2/c1-3-25(16-18-8-5-6-9-21(18)23)17-22(27)26(15-7-14-24)19-10-12-20(13-11-19)28-4-2/h5-6,8-13H,3-4,7,15-17H2,1-2H3. The van der Waals surface area contributed by atoms with Crippen LogP contribution >= 0.6 is 11.6 Å². The molecule has 0 bridgehead atoms. The summed E-state index contributed by atoms with van der Waals surface area (Å²) < 4.78 is 5.47. The van der Waals surface area contributed by atoms with Crippen LogP contribution in [0.4, 0.5) is 5.69 Å². The maximum atomic E-state index is 13.0. The molecule has 0 N–H and O–H groups in total. The van der Waals surface area contributed by atoms with Gasteiger partial charge in [-0.15, -0.1) is 0 Å². The van der Waals surface area contributed by atoms with E-state index in [2.05, 4.69) is 6.07 Å². The van der Waals surface area contributed by atoms with Crippen molar-refractivity contribution in [1.82, 2.24) is 4.90 Å². The number of likely N-dealkylation sites (N-methyl/N-ethyl adjacent to an activating group) is 1. The Labute approximate surface area is 172 Å². The summed E-state index contributed by atoms with van der Waals surface area (Å²) in [6.45, 7) is 6.44. The third-order valence-electron chi connectivity index (χ3n) is 4.37. The van der Waals surface area contributed by atoms with Crippen LogP contribution in [0.5, 0.6) is 5.75 Å². The SMILES string of the molecule is CCOc1ccc(N(CCC#N)C(=O)CN(CC)Cc2ccccc2Cl)cc1. The summed E-state index contributed by atoms with van der Waals surface area (Å²) in [6, 6.07) is 17.2. The number of hydrogen-bond acceptors (Lipinski definition) is 4. The number of carbonyl (C=O) groups excluding carboxylic acids is 1. The fourth-order valence-corrected chi connectivity index (χ4v) is 3.07. The molecule has 28 heavy (non-hydrogen) atoms. The van der Waals surface area contributed by atoms with E-state index in [4.69, 9.17) is 21.6 Å². The van der Waals surface area contributed by atoms with Crippen LogP contribution in [0.25, 0.3) is 0 Å². The monoisotopic (exact) mass is 399 g/mol. The summed E-state index contributed by atoms with van der Waals surface area (Å²) in [5, 5.41) is 9.67.